The summed E-state index contributed by atoms with van der Waals surface area (Å²) >= 11 is 6.00. The first-order chi connectivity index (χ1) is 16.9. The largest absolute Gasteiger partial charge is 0.454 e. The number of anilines is 1. The summed E-state index contributed by atoms with van der Waals surface area (Å²) < 4.78 is 5.11. The van der Waals surface area contributed by atoms with E-state index in [-0.39, 0.29) is 34.4 Å². The van der Waals surface area contributed by atoms with E-state index in [1.54, 1.807) is 24.3 Å². The van der Waals surface area contributed by atoms with Gasteiger partial charge in [-0.2, -0.15) is 0 Å². The van der Waals surface area contributed by atoms with E-state index in [9.17, 15) is 19.2 Å². The molecule has 1 fully saturated rings. The van der Waals surface area contributed by atoms with Gasteiger partial charge in [0.25, 0.3) is 5.91 Å². The van der Waals surface area contributed by atoms with Gasteiger partial charge in [-0.25, -0.2) is 9.69 Å². The minimum Gasteiger partial charge on any atom is -0.454 e. The van der Waals surface area contributed by atoms with Crippen LogP contribution in [0.25, 0.3) is 0 Å². The molecule has 182 valence electrons. The van der Waals surface area contributed by atoms with Gasteiger partial charge >= 0.3 is 5.97 Å². The van der Waals surface area contributed by atoms with Crippen molar-refractivity contribution in [2.75, 3.05) is 18.1 Å². The second-order valence-electron chi connectivity index (χ2n) is 8.66. The zero-order chi connectivity index (χ0) is 24.8. The number of Topliss-reactive ketones (excluding diaryl/α,β-unsaturated/α-hetero) is 1. The third-order valence-corrected chi connectivity index (χ3v) is 6.57. The molecule has 1 heterocycles. The van der Waals surface area contributed by atoms with Crippen molar-refractivity contribution in [3.05, 3.63) is 76.3 Å². The summed E-state index contributed by atoms with van der Waals surface area (Å²) in [5.41, 5.74) is 2.29. The number of hydrogen-bond donors (Lipinski definition) is 1. The summed E-state index contributed by atoms with van der Waals surface area (Å²) in [6, 6.07) is 12.0. The van der Waals surface area contributed by atoms with Crippen molar-refractivity contribution in [2.24, 2.45) is 0 Å². The van der Waals surface area contributed by atoms with Gasteiger partial charge in [-0.15, -0.1) is 0 Å². The standard InChI is InChI=1S/C27H27ClN2O5/c28-22-9-5-4-8-21(22)24(31)17-35-27(34)19-10-12-20(13-11-19)30-25(32)16-23(26(30)33)29-15-14-18-6-2-1-3-7-18/h4-6,8-13,23,29H,1-3,7,14-17H2. The molecule has 35 heavy (non-hydrogen) atoms. The Morgan fingerprint density at radius 2 is 1.83 bits per heavy atom. The predicted octanol–water partition coefficient (Wildman–Crippen LogP) is 4.49. The summed E-state index contributed by atoms with van der Waals surface area (Å²) in [4.78, 5) is 51.1. The lowest BCUT2D eigenvalue weighted by atomic mass is 9.97. The monoisotopic (exact) mass is 494 g/mol. The van der Waals surface area contributed by atoms with Crippen LogP contribution in [0.4, 0.5) is 5.69 Å². The van der Waals surface area contributed by atoms with Crippen molar-refractivity contribution in [1.82, 2.24) is 5.32 Å². The topological polar surface area (TPSA) is 92.8 Å². The highest BCUT2D eigenvalue weighted by molar-refractivity contribution is 6.34. The van der Waals surface area contributed by atoms with Gasteiger partial charge in [0.15, 0.2) is 6.61 Å². The molecular formula is C27H27ClN2O5. The number of ketones is 1. The molecule has 1 aliphatic carbocycles. The van der Waals surface area contributed by atoms with Crippen molar-refractivity contribution in [3.8, 4) is 0 Å². The minimum absolute atomic E-state index is 0.103. The highest BCUT2D eigenvalue weighted by Crippen LogP contribution is 2.24. The molecule has 7 nitrogen and oxygen atoms in total. The normalized spacial score (nSPS) is 17.9. The maximum atomic E-state index is 12.8. The SMILES string of the molecule is O=C(OCC(=O)c1ccccc1Cl)c1ccc(N2C(=O)CC(NCCC3=CCCCC3)C2=O)cc1. The third-order valence-electron chi connectivity index (χ3n) is 6.24. The van der Waals surface area contributed by atoms with E-state index >= 15 is 0 Å². The first kappa shape index (κ1) is 24.8. The Bertz CT molecular complexity index is 1160. The average molecular weight is 495 g/mol. The van der Waals surface area contributed by atoms with E-state index in [0.29, 0.717) is 12.2 Å². The minimum atomic E-state index is -0.687. The average Bonchev–Trinajstić information content (AvgIpc) is 3.16. The van der Waals surface area contributed by atoms with Gasteiger partial charge in [0.2, 0.25) is 11.7 Å². The second kappa shape index (κ2) is 11.4. The molecule has 2 amide bonds. The molecule has 2 aromatic carbocycles. The lowest BCUT2D eigenvalue weighted by Gasteiger charge is -2.17. The van der Waals surface area contributed by atoms with Crippen LogP contribution in [0, 0.1) is 0 Å². The van der Waals surface area contributed by atoms with Crippen molar-refractivity contribution < 1.29 is 23.9 Å². The van der Waals surface area contributed by atoms with Gasteiger partial charge in [-0.3, -0.25) is 14.4 Å². The summed E-state index contributed by atoms with van der Waals surface area (Å²) in [5.74, 6) is -1.68. The number of allylic oxidation sites excluding steroid dienone is 1. The highest BCUT2D eigenvalue weighted by atomic mass is 35.5. The van der Waals surface area contributed by atoms with E-state index in [4.69, 9.17) is 16.3 Å². The number of nitrogens with one attached hydrogen (secondary N) is 1. The molecule has 0 bridgehead atoms. The maximum Gasteiger partial charge on any atom is 0.338 e. The summed E-state index contributed by atoms with van der Waals surface area (Å²) in [6.07, 6.45) is 7.93. The first-order valence-electron chi connectivity index (χ1n) is 11.8. The van der Waals surface area contributed by atoms with Crippen LogP contribution >= 0.6 is 11.6 Å². The van der Waals surface area contributed by atoms with Crippen LogP contribution in [0.1, 0.15) is 59.2 Å². The fraction of sp³-hybridized carbons (Fsp3) is 0.333. The van der Waals surface area contributed by atoms with Crippen LogP contribution in [0.2, 0.25) is 5.02 Å². The van der Waals surface area contributed by atoms with Crippen LogP contribution in [0.5, 0.6) is 0 Å². The van der Waals surface area contributed by atoms with Gasteiger partial charge in [0.1, 0.15) is 0 Å². The Hall–Kier alpha value is -3.29. The van der Waals surface area contributed by atoms with Gasteiger partial charge in [0, 0.05) is 5.56 Å². The molecule has 1 saturated heterocycles. The fourth-order valence-corrected chi connectivity index (χ4v) is 4.57. The number of imide groups is 1. The number of benzene rings is 2. The van der Waals surface area contributed by atoms with Crippen LogP contribution in [-0.4, -0.2) is 42.8 Å². The number of carbonyl (C=O) groups is 4. The van der Waals surface area contributed by atoms with Gasteiger partial charge in [0.05, 0.1) is 28.7 Å². The molecule has 1 N–H and O–H groups in total. The Morgan fingerprint density at radius 1 is 1.06 bits per heavy atom. The van der Waals surface area contributed by atoms with Crippen LogP contribution in [0.15, 0.2) is 60.2 Å². The number of carbonyl (C=O) groups excluding carboxylic acids is 4. The van der Waals surface area contributed by atoms with E-state index in [0.717, 1.165) is 24.2 Å². The number of nitrogens with zero attached hydrogens (tertiary/aromatic N) is 1. The zero-order valence-electron chi connectivity index (χ0n) is 19.3. The lowest BCUT2D eigenvalue weighted by molar-refractivity contribution is -0.121. The smallest absolute Gasteiger partial charge is 0.338 e. The number of esters is 1. The summed E-state index contributed by atoms with van der Waals surface area (Å²) in [7, 11) is 0. The number of amides is 2. The molecule has 0 radical (unpaired) electrons. The van der Waals surface area contributed by atoms with Crippen molar-refractivity contribution in [2.45, 2.75) is 44.6 Å². The maximum absolute atomic E-state index is 12.8. The van der Waals surface area contributed by atoms with E-state index in [1.165, 1.54) is 42.7 Å². The third kappa shape index (κ3) is 6.05. The van der Waals surface area contributed by atoms with Crippen LogP contribution in [0.3, 0.4) is 0 Å². The molecule has 2 aromatic rings. The molecule has 8 heteroatoms. The number of rotatable bonds is 9. The Morgan fingerprint density at radius 3 is 2.54 bits per heavy atom. The number of halogens is 1. The zero-order valence-corrected chi connectivity index (χ0v) is 20.1. The summed E-state index contributed by atoms with van der Waals surface area (Å²) in [5, 5.41) is 3.50. The fourth-order valence-electron chi connectivity index (χ4n) is 4.33. The Labute approximate surface area is 209 Å². The van der Waals surface area contributed by atoms with Gasteiger partial charge < -0.3 is 10.1 Å². The molecule has 0 aromatic heterocycles. The highest BCUT2D eigenvalue weighted by Gasteiger charge is 2.39. The second-order valence-corrected chi connectivity index (χ2v) is 9.07. The van der Waals surface area contributed by atoms with E-state index in [1.807, 2.05) is 0 Å². The predicted molar refractivity (Wildman–Crippen MR) is 133 cm³/mol. The molecule has 1 atom stereocenters. The molecule has 1 aliphatic heterocycles. The Kier molecular flexibility index (Phi) is 8.10. The quantitative estimate of drug-likeness (QED) is 0.239. The van der Waals surface area contributed by atoms with E-state index in [2.05, 4.69) is 11.4 Å². The molecular weight excluding hydrogens is 468 g/mol. The molecule has 4 rings (SSSR count). The van der Waals surface area contributed by atoms with Crippen LogP contribution < -0.4 is 10.2 Å². The lowest BCUT2D eigenvalue weighted by Crippen LogP contribution is -2.39. The van der Waals surface area contributed by atoms with Crippen molar-refractivity contribution in [1.29, 1.82) is 0 Å². The van der Waals surface area contributed by atoms with Crippen molar-refractivity contribution >= 4 is 40.9 Å². The van der Waals surface area contributed by atoms with Gasteiger partial charge in [-0.1, -0.05) is 35.4 Å². The molecule has 0 spiro atoms. The molecule has 0 saturated carbocycles. The number of hydrogen-bond acceptors (Lipinski definition) is 6. The summed E-state index contributed by atoms with van der Waals surface area (Å²) in [6.45, 7) is 0.207. The molecule has 1 unspecified atom stereocenters. The van der Waals surface area contributed by atoms with Crippen LogP contribution in [-0.2, 0) is 14.3 Å². The Balaban J connectivity index is 1.31. The van der Waals surface area contributed by atoms with E-state index < -0.39 is 24.4 Å². The van der Waals surface area contributed by atoms with Crippen molar-refractivity contribution in [3.63, 3.8) is 0 Å². The van der Waals surface area contributed by atoms with Gasteiger partial charge in [-0.05, 0) is 75.0 Å². The first-order valence-corrected chi connectivity index (χ1v) is 12.1. The molecule has 2 aliphatic rings. The number of ether oxygens (including phenoxy) is 1.